The number of carbonyl (C=O) groups excluding carboxylic acids is 1. The van der Waals surface area contributed by atoms with Crippen LogP contribution in [-0.2, 0) is 32.6 Å². The van der Waals surface area contributed by atoms with Gasteiger partial charge in [-0.25, -0.2) is 25.9 Å². The Labute approximate surface area is 245 Å². The Bertz CT molecular complexity index is 1990. The number of halogens is 3. The Balaban J connectivity index is 2.13. The molecule has 3 aromatic rings. The predicted molar refractivity (Wildman–Crippen MR) is 146 cm³/mol. The first-order valence-corrected chi connectivity index (χ1v) is 15.7. The fourth-order valence-corrected chi connectivity index (χ4v) is 7.36. The first kappa shape index (κ1) is 31.3. The van der Waals surface area contributed by atoms with Crippen LogP contribution in [0, 0.1) is 29.6 Å². The van der Waals surface area contributed by atoms with E-state index in [-0.39, 0.29) is 39.1 Å². The number of anilines is 1. The number of alkyl halides is 3. The Morgan fingerprint density at radius 1 is 1.00 bits per heavy atom. The molecular formula is C27H23F3N6O5S2. The maximum atomic E-state index is 14.3. The van der Waals surface area contributed by atoms with E-state index >= 15 is 0 Å². The fourth-order valence-electron chi connectivity index (χ4n) is 4.75. The number of hydrogen-bond acceptors (Lipinski definition) is 8. The van der Waals surface area contributed by atoms with Crippen LogP contribution in [0.3, 0.4) is 0 Å². The van der Waals surface area contributed by atoms with Crippen molar-refractivity contribution in [2.75, 3.05) is 11.2 Å². The van der Waals surface area contributed by atoms with Crippen LogP contribution in [0.5, 0.6) is 0 Å². The Morgan fingerprint density at radius 3 is 2.21 bits per heavy atom. The van der Waals surface area contributed by atoms with Gasteiger partial charge in [0.05, 0.1) is 45.1 Å². The van der Waals surface area contributed by atoms with E-state index < -0.39 is 59.0 Å². The normalized spacial score (nSPS) is 16.3. The lowest BCUT2D eigenvalue weighted by molar-refractivity contribution is -0.137. The molecular weight excluding hydrogens is 609 g/mol. The average Bonchev–Trinajstić information content (AvgIpc) is 3.33. The third-order valence-electron chi connectivity index (χ3n) is 6.76. The number of aromatic nitrogens is 2. The van der Waals surface area contributed by atoms with Crippen LogP contribution in [0.4, 0.5) is 23.7 Å². The van der Waals surface area contributed by atoms with Crippen LogP contribution in [0.2, 0.25) is 0 Å². The number of rotatable bonds is 6. The average molecular weight is 633 g/mol. The molecule has 0 fully saturated rings. The lowest BCUT2D eigenvalue weighted by atomic mass is 9.94. The van der Waals surface area contributed by atoms with Crippen molar-refractivity contribution >= 4 is 31.6 Å². The van der Waals surface area contributed by atoms with Gasteiger partial charge in [0.2, 0.25) is 0 Å². The predicted octanol–water partition coefficient (Wildman–Crippen LogP) is 4.68. The SMILES string of the molecule is CCn1cc(S(=O)(=O)N2C(=O)N(c3cccc(C(F)(F)F)c3)C(C)=C(C#N)[C@H]2c2ccc(C#N)cc2S(C)(=O)=O)c(C)n1. The van der Waals surface area contributed by atoms with Gasteiger partial charge in [-0.1, -0.05) is 12.1 Å². The summed E-state index contributed by atoms with van der Waals surface area (Å²) in [6, 6.07) is 7.26. The van der Waals surface area contributed by atoms with Gasteiger partial charge in [0.1, 0.15) is 10.9 Å². The zero-order valence-electron chi connectivity index (χ0n) is 23.1. The number of benzene rings is 2. The molecule has 0 saturated carbocycles. The lowest BCUT2D eigenvalue weighted by Gasteiger charge is -2.41. The molecule has 4 rings (SSSR count). The quantitative estimate of drug-likeness (QED) is 0.379. The van der Waals surface area contributed by atoms with Gasteiger partial charge in [-0.05, 0) is 56.7 Å². The first-order chi connectivity index (χ1) is 20.0. The number of urea groups is 1. The minimum atomic E-state index is -4.96. The molecule has 43 heavy (non-hydrogen) atoms. The largest absolute Gasteiger partial charge is 0.416 e. The molecule has 2 heterocycles. The molecule has 0 N–H and O–H groups in total. The van der Waals surface area contributed by atoms with E-state index in [0.717, 1.165) is 42.8 Å². The maximum absolute atomic E-state index is 14.3. The van der Waals surface area contributed by atoms with E-state index in [9.17, 15) is 45.3 Å². The van der Waals surface area contributed by atoms with Gasteiger partial charge in [0, 0.05) is 24.7 Å². The van der Waals surface area contributed by atoms with Crippen LogP contribution in [-0.4, -0.2) is 43.2 Å². The van der Waals surface area contributed by atoms with Crippen molar-refractivity contribution < 1.29 is 34.8 Å². The van der Waals surface area contributed by atoms with Gasteiger partial charge in [-0.15, -0.1) is 0 Å². The highest BCUT2D eigenvalue weighted by Crippen LogP contribution is 2.45. The monoisotopic (exact) mass is 632 g/mol. The second-order valence-corrected chi connectivity index (χ2v) is 13.3. The van der Waals surface area contributed by atoms with E-state index in [1.54, 1.807) is 13.0 Å². The van der Waals surface area contributed by atoms with E-state index in [0.29, 0.717) is 11.0 Å². The Morgan fingerprint density at radius 2 is 1.67 bits per heavy atom. The lowest BCUT2D eigenvalue weighted by Crippen LogP contribution is -2.52. The highest BCUT2D eigenvalue weighted by molar-refractivity contribution is 7.91. The molecule has 1 atom stereocenters. The van der Waals surface area contributed by atoms with Gasteiger partial charge >= 0.3 is 12.2 Å². The molecule has 2 aromatic carbocycles. The molecule has 1 aliphatic heterocycles. The van der Waals surface area contributed by atoms with Gasteiger partial charge in [0.25, 0.3) is 10.0 Å². The van der Waals surface area contributed by atoms with E-state index in [1.165, 1.54) is 24.6 Å². The molecule has 1 aromatic heterocycles. The third kappa shape index (κ3) is 5.47. The standard InChI is InChI=1S/C27H23F3N6O5S2/c1-5-34-15-24(16(2)33-34)43(40,41)36-25(21-10-9-18(13-31)11-23(21)42(4,38)39)22(14-32)17(3)35(26(36)37)20-8-6-7-19(12-20)27(28,29)30/h6-12,15,25H,5H2,1-4H3/t25-/m1/s1. The summed E-state index contributed by atoms with van der Waals surface area (Å²) in [4.78, 5) is 14.0. The van der Waals surface area contributed by atoms with E-state index in [2.05, 4.69) is 5.10 Å². The molecule has 224 valence electrons. The van der Waals surface area contributed by atoms with Crippen molar-refractivity contribution in [3.8, 4) is 12.1 Å². The number of nitrogens with zero attached hydrogens (tertiary/aromatic N) is 6. The van der Waals surface area contributed by atoms with Crippen LogP contribution < -0.4 is 4.90 Å². The molecule has 0 saturated heterocycles. The van der Waals surface area contributed by atoms with Crippen molar-refractivity contribution in [3.63, 3.8) is 0 Å². The van der Waals surface area contributed by atoms with Crippen molar-refractivity contribution in [1.82, 2.24) is 14.1 Å². The fraction of sp³-hybridized carbons (Fsp3) is 0.259. The highest BCUT2D eigenvalue weighted by atomic mass is 32.2. The van der Waals surface area contributed by atoms with Crippen molar-refractivity contribution in [2.24, 2.45) is 0 Å². The number of sulfone groups is 1. The zero-order valence-corrected chi connectivity index (χ0v) is 24.7. The molecule has 2 amide bonds. The number of sulfonamides is 1. The van der Waals surface area contributed by atoms with E-state index in [4.69, 9.17) is 0 Å². The molecule has 0 aliphatic carbocycles. The summed E-state index contributed by atoms with van der Waals surface area (Å²) >= 11 is 0. The van der Waals surface area contributed by atoms with Crippen LogP contribution in [0.15, 0.2) is 69.7 Å². The summed E-state index contributed by atoms with van der Waals surface area (Å²) in [7, 11) is -9.14. The number of amides is 2. The molecule has 11 nitrogen and oxygen atoms in total. The van der Waals surface area contributed by atoms with Gasteiger partial charge in [0.15, 0.2) is 9.84 Å². The van der Waals surface area contributed by atoms with Gasteiger partial charge < -0.3 is 0 Å². The second kappa shape index (κ2) is 10.9. The molecule has 0 spiro atoms. The zero-order chi connectivity index (χ0) is 32.1. The smallest absolute Gasteiger partial charge is 0.271 e. The summed E-state index contributed by atoms with van der Waals surface area (Å²) in [5, 5.41) is 23.8. The number of carbonyl (C=O) groups is 1. The Kier molecular flexibility index (Phi) is 7.90. The summed E-state index contributed by atoms with van der Waals surface area (Å²) < 4.78 is 96.6. The van der Waals surface area contributed by atoms with Crippen molar-refractivity contribution in [1.29, 1.82) is 10.5 Å². The molecule has 0 unspecified atom stereocenters. The number of nitriles is 2. The van der Waals surface area contributed by atoms with Gasteiger partial charge in [-0.3, -0.25) is 9.58 Å². The van der Waals surface area contributed by atoms with Crippen LogP contribution in [0.25, 0.3) is 0 Å². The minimum absolute atomic E-state index is 0.0213. The highest BCUT2D eigenvalue weighted by Gasteiger charge is 2.49. The second-order valence-electron chi connectivity index (χ2n) is 9.55. The summed E-state index contributed by atoms with van der Waals surface area (Å²) in [6.45, 7) is 4.53. The summed E-state index contributed by atoms with van der Waals surface area (Å²) in [6.07, 6.45) is -2.85. The van der Waals surface area contributed by atoms with Crippen molar-refractivity contribution in [3.05, 3.63) is 82.3 Å². The molecule has 16 heteroatoms. The van der Waals surface area contributed by atoms with Crippen LogP contribution in [0.1, 0.15) is 42.3 Å². The molecule has 0 radical (unpaired) electrons. The molecule has 1 aliphatic rings. The van der Waals surface area contributed by atoms with Crippen molar-refractivity contribution in [2.45, 2.75) is 49.3 Å². The number of aryl methyl sites for hydroxylation is 2. The summed E-state index contributed by atoms with van der Waals surface area (Å²) in [5.41, 5.74) is -2.60. The summed E-state index contributed by atoms with van der Waals surface area (Å²) in [5.74, 6) is 0. The Hall–Kier alpha value is -4.67. The van der Waals surface area contributed by atoms with E-state index in [1.807, 2.05) is 6.07 Å². The number of allylic oxidation sites excluding steroid dienone is 1. The first-order valence-electron chi connectivity index (χ1n) is 12.4. The third-order valence-corrected chi connectivity index (χ3v) is 9.76. The van der Waals surface area contributed by atoms with Gasteiger partial charge in [-0.2, -0.15) is 28.8 Å². The molecule has 0 bridgehead atoms. The van der Waals surface area contributed by atoms with Crippen LogP contribution >= 0.6 is 0 Å². The maximum Gasteiger partial charge on any atom is 0.416 e. The minimum Gasteiger partial charge on any atom is -0.271 e. The topological polar surface area (TPSA) is 157 Å². The number of hydrogen-bond donors (Lipinski definition) is 0.